The molecule has 3 atom stereocenters. The lowest BCUT2D eigenvalue weighted by molar-refractivity contribution is -0.944. The predicted molar refractivity (Wildman–Crippen MR) is 88.8 cm³/mol. The average Bonchev–Trinajstić information content (AvgIpc) is 2.83. The quantitative estimate of drug-likeness (QED) is 0.831. The summed E-state index contributed by atoms with van der Waals surface area (Å²) in [7, 11) is 0. The molecular formula is C17H22BrN2O2+. The summed E-state index contributed by atoms with van der Waals surface area (Å²) in [6.45, 7) is 3.19. The number of nitrogens with one attached hydrogen (secondary N) is 1. The Hall–Kier alpha value is -1.20. The number of hydrogen-bond acceptors (Lipinski definition) is 2. The van der Waals surface area contributed by atoms with Crippen molar-refractivity contribution in [3.8, 4) is 0 Å². The number of carbonyl (C=O) groups excluding carboxylic acids is 2. The monoisotopic (exact) mass is 365 g/mol. The molecular weight excluding hydrogens is 344 g/mol. The topological polar surface area (TPSA) is 41.8 Å². The highest BCUT2D eigenvalue weighted by Gasteiger charge is 2.47. The number of piperidine rings is 1. The molecule has 0 aromatic heterocycles. The van der Waals surface area contributed by atoms with Crippen LogP contribution in [0.4, 0.5) is 5.69 Å². The van der Waals surface area contributed by atoms with Gasteiger partial charge >= 0.3 is 0 Å². The van der Waals surface area contributed by atoms with Gasteiger partial charge in [0.05, 0.1) is 24.7 Å². The van der Waals surface area contributed by atoms with Crippen molar-refractivity contribution in [2.75, 3.05) is 11.4 Å². The zero-order valence-corrected chi connectivity index (χ0v) is 14.4. The van der Waals surface area contributed by atoms with E-state index in [2.05, 4.69) is 22.9 Å². The fraction of sp³-hybridized carbons (Fsp3) is 0.529. The van der Waals surface area contributed by atoms with Gasteiger partial charge in [-0.1, -0.05) is 22.9 Å². The Morgan fingerprint density at radius 3 is 2.64 bits per heavy atom. The van der Waals surface area contributed by atoms with Crippen LogP contribution < -0.4 is 9.80 Å². The van der Waals surface area contributed by atoms with Crippen LogP contribution >= 0.6 is 15.9 Å². The maximum absolute atomic E-state index is 12.8. The lowest BCUT2D eigenvalue weighted by Gasteiger charge is -2.35. The number of nitrogens with zero attached hydrogens (tertiary/aromatic N) is 1. The van der Waals surface area contributed by atoms with Crippen molar-refractivity contribution in [2.45, 2.75) is 51.1 Å². The molecule has 5 heteroatoms. The summed E-state index contributed by atoms with van der Waals surface area (Å²) < 4.78 is 0.944. The van der Waals surface area contributed by atoms with E-state index in [9.17, 15) is 9.59 Å². The number of hydrogen-bond donors (Lipinski definition) is 1. The molecule has 1 aromatic carbocycles. The van der Waals surface area contributed by atoms with Gasteiger partial charge in [-0.3, -0.25) is 9.59 Å². The van der Waals surface area contributed by atoms with Crippen LogP contribution in [-0.2, 0) is 9.59 Å². The van der Waals surface area contributed by atoms with Gasteiger partial charge in [-0.15, -0.1) is 0 Å². The molecule has 2 heterocycles. The van der Waals surface area contributed by atoms with E-state index in [0.717, 1.165) is 23.9 Å². The van der Waals surface area contributed by atoms with Crippen LogP contribution in [0.1, 0.15) is 39.0 Å². The maximum atomic E-state index is 12.8. The first-order valence-corrected chi connectivity index (χ1v) is 8.89. The summed E-state index contributed by atoms with van der Waals surface area (Å²) in [5.41, 5.74) is 0.685. The van der Waals surface area contributed by atoms with Crippen molar-refractivity contribution in [1.82, 2.24) is 0 Å². The Kier molecular flexibility index (Phi) is 4.64. The Labute approximate surface area is 139 Å². The third-order valence-electron chi connectivity index (χ3n) is 4.96. The predicted octanol–water partition coefficient (Wildman–Crippen LogP) is 1.93. The number of benzene rings is 1. The first-order chi connectivity index (χ1) is 10.6. The first-order valence-electron chi connectivity index (χ1n) is 8.09. The Morgan fingerprint density at radius 1 is 1.23 bits per heavy atom. The van der Waals surface area contributed by atoms with E-state index >= 15 is 0 Å². The molecule has 2 aliphatic rings. The average molecular weight is 366 g/mol. The van der Waals surface area contributed by atoms with Crippen LogP contribution in [0.15, 0.2) is 28.7 Å². The highest BCUT2D eigenvalue weighted by Crippen LogP contribution is 2.24. The van der Waals surface area contributed by atoms with Crippen LogP contribution in [0.5, 0.6) is 0 Å². The second-order valence-electron chi connectivity index (χ2n) is 6.23. The van der Waals surface area contributed by atoms with Gasteiger partial charge < -0.3 is 4.90 Å². The van der Waals surface area contributed by atoms with Crippen molar-refractivity contribution < 1.29 is 14.5 Å². The second kappa shape index (κ2) is 6.50. The van der Waals surface area contributed by atoms with Crippen LogP contribution in [0, 0.1) is 0 Å². The van der Waals surface area contributed by atoms with Gasteiger partial charge in [0, 0.05) is 4.47 Å². The molecule has 0 saturated carbocycles. The molecule has 22 heavy (non-hydrogen) atoms. The third-order valence-corrected chi connectivity index (χ3v) is 5.49. The van der Waals surface area contributed by atoms with Crippen molar-refractivity contribution in [3.05, 3.63) is 28.7 Å². The van der Waals surface area contributed by atoms with Gasteiger partial charge in [0.25, 0.3) is 5.91 Å². The van der Waals surface area contributed by atoms with Crippen molar-refractivity contribution >= 4 is 33.4 Å². The van der Waals surface area contributed by atoms with Gasteiger partial charge in [-0.25, -0.2) is 4.90 Å². The minimum Gasteiger partial charge on any atom is -0.322 e. The van der Waals surface area contributed by atoms with Gasteiger partial charge in [-0.05, 0) is 49.9 Å². The van der Waals surface area contributed by atoms with Gasteiger partial charge in [-0.2, -0.15) is 0 Å². The van der Waals surface area contributed by atoms with E-state index in [-0.39, 0.29) is 17.9 Å². The van der Waals surface area contributed by atoms with Crippen molar-refractivity contribution in [3.63, 3.8) is 0 Å². The van der Waals surface area contributed by atoms with E-state index < -0.39 is 0 Å². The highest BCUT2D eigenvalue weighted by molar-refractivity contribution is 9.10. The molecule has 2 fully saturated rings. The van der Waals surface area contributed by atoms with Crippen molar-refractivity contribution in [1.29, 1.82) is 0 Å². The van der Waals surface area contributed by atoms with Crippen LogP contribution in [0.3, 0.4) is 0 Å². The number of imide groups is 1. The van der Waals surface area contributed by atoms with E-state index in [1.165, 1.54) is 22.6 Å². The molecule has 3 rings (SSSR count). The maximum Gasteiger partial charge on any atom is 0.292 e. The summed E-state index contributed by atoms with van der Waals surface area (Å²) >= 11 is 3.38. The summed E-state index contributed by atoms with van der Waals surface area (Å²) in [4.78, 5) is 27.9. The normalized spacial score (nSPS) is 29.2. The van der Waals surface area contributed by atoms with Crippen LogP contribution in [0.2, 0.25) is 0 Å². The Bertz CT molecular complexity index is 573. The number of likely N-dealkylation sites (tertiary alicyclic amines) is 1. The first kappa shape index (κ1) is 15.7. The molecule has 1 unspecified atom stereocenters. The molecule has 1 aromatic rings. The standard InChI is InChI=1S/C17H21BrN2O2/c1-2-13-5-3-4-10-19(13)15-11-16(21)20(17(15)22)14-8-6-12(18)7-9-14/h6-9,13,15H,2-5,10-11H2,1H3/p+1/t13-,15+/m0/s1. The molecule has 0 bridgehead atoms. The molecule has 0 radical (unpaired) electrons. The number of carbonyl (C=O) groups is 2. The summed E-state index contributed by atoms with van der Waals surface area (Å²) in [5.74, 6) is -0.0899. The molecule has 2 aliphatic heterocycles. The number of quaternary nitrogens is 1. The van der Waals surface area contributed by atoms with E-state index in [1.807, 2.05) is 24.3 Å². The third kappa shape index (κ3) is 2.84. The fourth-order valence-corrected chi connectivity index (χ4v) is 4.08. The van der Waals surface area contributed by atoms with Gasteiger partial charge in [0.15, 0.2) is 6.04 Å². The Balaban J connectivity index is 1.83. The minimum absolute atomic E-state index is 0.0253. The zero-order valence-electron chi connectivity index (χ0n) is 12.8. The van der Waals surface area contributed by atoms with Crippen molar-refractivity contribution in [2.24, 2.45) is 0 Å². The van der Waals surface area contributed by atoms with Gasteiger partial charge in [0.1, 0.15) is 0 Å². The SMILES string of the molecule is CC[C@H]1CCCC[NH+]1[C@@H]1CC(=O)N(c2ccc(Br)cc2)C1=O. The summed E-state index contributed by atoms with van der Waals surface area (Å²) in [6.07, 6.45) is 4.99. The van der Waals surface area contributed by atoms with E-state index in [1.54, 1.807) is 0 Å². The van der Waals surface area contributed by atoms with Crippen LogP contribution in [-0.4, -0.2) is 30.4 Å². The Morgan fingerprint density at radius 2 is 1.95 bits per heavy atom. The molecule has 4 nitrogen and oxygen atoms in total. The molecule has 118 valence electrons. The van der Waals surface area contributed by atoms with E-state index in [0.29, 0.717) is 18.2 Å². The summed E-state index contributed by atoms with van der Waals surface area (Å²) in [6, 6.07) is 7.70. The lowest BCUT2D eigenvalue weighted by atomic mass is 9.97. The number of anilines is 1. The lowest BCUT2D eigenvalue weighted by Crippen LogP contribution is -3.20. The number of amides is 2. The molecule has 2 amide bonds. The molecule has 2 saturated heterocycles. The number of halogens is 1. The minimum atomic E-state index is -0.193. The van der Waals surface area contributed by atoms with Gasteiger partial charge in [0.2, 0.25) is 5.91 Å². The van der Waals surface area contributed by atoms with Crippen LogP contribution in [0.25, 0.3) is 0 Å². The largest absolute Gasteiger partial charge is 0.322 e. The molecule has 1 N–H and O–H groups in total. The number of rotatable bonds is 3. The second-order valence-corrected chi connectivity index (χ2v) is 7.14. The highest BCUT2D eigenvalue weighted by atomic mass is 79.9. The summed E-state index contributed by atoms with van der Waals surface area (Å²) in [5, 5.41) is 0. The van der Waals surface area contributed by atoms with E-state index in [4.69, 9.17) is 0 Å². The smallest absolute Gasteiger partial charge is 0.292 e. The molecule has 0 aliphatic carbocycles. The molecule has 0 spiro atoms. The fourth-order valence-electron chi connectivity index (χ4n) is 3.82. The zero-order chi connectivity index (χ0) is 15.7.